The molecular weight excluding hydrogens is 258 g/mol. The van der Waals surface area contributed by atoms with Gasteiger partial charge in [-0.1, -0.05) is 0 Å². The highest BCUT2D eigenvalue weighted by molar-refractivity contribution is 6.04. The van der Waals surface area contributed by atoms with Crippen LogP contribution in [0.3, 0.4) is 0 Å². The van der Waals surface area contributed by atoms with Gasteiger partial charge >= 0.3 is 5.97 Å². The zero-order chi connectivity index (χ0) is 14.5. The molecule has 0 aliphatic rings. The van der Waals surface area contributed by atoms with Crippen LogP contribution < -0.4 is 10.1 Å². The van der Waals surface area contributed by atoms with E-state index in [0.29, 0.717) is 17.0 Å². The highest BCUT2D eigenvalue weighted by Gasteiger charge is 2.07. The predicted octanol–water partition coefficient (Wildman–Crippen LogP) is 2.57. The largest absolute Gasteiger partial charge is 0.508 e. The van der Waals surface area contributed by atoms with Gasteiger partial charge in [0.05, 0.1) is 0 Å². The molecule has 0 fully saturated rings. The molecule has 0 saturated carbocycles. The second kappa shape index (κ2) is 5.88. The number of benzene rings is 2. The van der Waals surface area contributed by atoms with Crippen LogP contribution in [0.2, 0.25) is 0 Å². The summed E-state index contributed by atoms with van der Waals surface area (Å²) >= 11 is 0. The van der Waals surface area contributed by atoms with Crippen molar-refractivity contribution in [1.82, 2.24) is 0 Å². The molecule has 2 rings (SSSR count). The van der Waals surface area contributed by atoms with Crippen LogP contribution in [0.15, 0.2) is 48.5 Å². The number of phenols is 1. The maximum Gasteiger partial charge on any atom is 0.308 e. The number of anilines is 1. The topological polar surface area (TPSA) is 75.6 Å². The number of carbonyl (C=O) groups excluding carboxylic acids is 2. The molecular formula is C15H13NO4. The lowest BCUT2D eigenvalue weighted by Gasteiger charge is -2.06. The van der Waals surface area contributed by atoms with E-state index in [0.717, 1.165) is 0 Å². The first-order valence-corrected chi connectivity index (χ1v) is 5.93. The summed E-state index contributed by atoms with van der Waals surface area (Å²) in [6, 6.07) is 12.4. The number of esters is 1. The molecule has 0 bridgehead atoms. The molecule has 0 aliphatic carbocycles. The van der Waals surface area contributed by atoms with Gasteiger partial charge in [0.25, 0.3) is 5.91 Å². The fraction of sp³-hybridized carbons (Fsp3) is 0.0667. The number of ether oxygens (including phenoxy) is 1. The average Bonchev–Trinajstić information content (AvgIpc) is 2.41. The molecule has 0 atom stereocenters. The van der Waals surface area contributed by atoms with Crippen molar-refractivity contribution in [1.29, 1.82) is 0 Å². The zero-order valence-electron chi connectivity index (χ0n) is 10.8. The maximum atomic E-state index is 12.0. The van der Waals surface area contributed by atoms with Crippen molar-refractivity contribution >= 4 is 17.6 Å². The van der Waals surface area contributed by atoms with Crippen molar-refractivity contribution < 1.29 is 19.4 Å². The van der Waals surface area contributed by atoms with Gasteiger partial charge in [-0.25, -0.2) is 0 Å². The Morgan fingerprint density at radius 2 is 1.60 bits per heavy atom. The summed E-state index contributed by atoms with van der Waals surface area (Å²) in [4.78, 5) is 22.7. The van der Waals surface area contributed by atoms with E-state index in [2.05, 4.69) is 5.32 Å². The number of carbonyl (C=O) groups is 2. The minimum absolute atomic E-state index is 0.133. The SMILES string of the molecule is CC(=O)Oc1ccc(C(=O)Nc2ccc(O)cc2)cc1. The summed E-state index contributed by atoms with van der Waals surface area (Å²) < 4.78 is 4.88. The normalized spacial score (nSPS) is 9.85. The van der Waals surface area contributed by atoms with Crippen molar-refractivity contribution in [3.63, 3.8) is 0 Å². The Morgan fingerprint density at radius 1 is 1.00 bits per heavy atom. The Morgan fingerprint density at radius 3 is 2.15 bits per heavy atom. The Bertz CT molecular complexity index is 617. The van der Waals surface area contributed by atoms with Crippen LogP contribution in [0.5, 0.6) is 11.5 Å². The number of hydrogen-bond donors (Lipinski definition) is 2. The monoisotopic (exact) mass is 271 g/mol. The van der Waals surface area contributed by atoms with Gasteiger partial charge in [-0.05, 0) is 48.5 Å². The molecule has 20 heavy (non-hydrogen) atoms. The van der Waals surface area contributed by atoms with E-state index in [-0.39, 0.29) is 11.7 Å². The zero-order valence-corrected chi connectivity index (χ0v) is 10.8. The molecule has 1 amide bonds. The first-order chi connectivity index (χ1) is 9.54. The number of amides is 1. The van der Waals surface area contributed by atoms with Gasteiger partial charge in [-0.2, -0.15) is 0 Å². The van der Waals surface area contributed by atoms with E-state index in [1.54, 1.807) is 36.4 Å². The van der Waals surface area contributed by atoms with E-state index >= 15 is 0 Å². The molecule has 5 heteroatoms. The van der Waals surface area contributed by atoms with E-state index in [1.807, 2.05) is 0 Å². The maximum absolute atomic E-state index is 12.0. The summed E-state index contributed by atoms with van der Waals surface area (Å²) in [6.45, 7) is 1.31. The van der Waals surface area contributed by atoms with Crippen molar-refractivity contribution in [3.05, 3.63) is 54.1 Å². The Balaban J connectivity index is 2.05. The van der Waals surface area contributed by atoms with E-state index in [4.69, 9.17) is 9.84 Å². The van der Waals surface area contributed by atoms with Gasteiger partial charge < -0.3 is 15.2 Å². The molecule has 102 valence electrons. The lowest BCUT2D eigenvalue weighted by atomic mass is 10.2. The lowest BCUT2D eigenvalue weighted by Crippen LogP contribution is -2.11. The van der Waals surface area contributed by atoms with Crippen molar-refractivity contribution in [2.45, 2.75) is 6.92 Å². The van der Waals surface area contributed by atoms with Crippen LogP contribution >= 0.6 is 0 Å². The van der Waals surface area contributed by atoms with Crippen molar-refractivity contribution in [3.8, 4) is 11.5 Å². The third-order valence-electron chi connectivity index (χ3n) is 2.50. The molecule has 0 aromatic heterocycles. The fourth-order valence-corrected chi connectivity index (χ4v) is 1.59. The van der Waals surface area contributed by atoms with E-state index < -0.39 is 5.97 Å². The molecule has 2 aromatic rings. The van der Waals surface area contributed by atoms with Gasteiger partial charge in [0.1, 0.15) is 11.5 Å². The van der Waals surface area contributed by atoms with Gasteiger partial charge in [-0.3, -0.25) is 9.59 Å². The van der Waals surface area contributed by atoms with Gasteiger partial charge in [0.2, 0.25) is 0 Å². The summed E-state index contributed by atoms with van der Waals surface area (Å²) in [5.41, 5.74) is 1.02. The summed E-state index contributed by atoms with van der Waals surface area (Å²) in [7, 11) is 0. The standard InChI is InChI=1S/C15H13NO4/c1-10(17)20-14-8-2-11(3-9-14)15(19)16-12-4-6-13(18)7-5-12/h2-9,18H,1H3,(H,16,19). The summed E-state index contributed by atoms with van der Waals surface area (Å²) in [5.74, 6) is -0.177. The van der Waals surface area contributed by atoms with Gasteiger partial charge in [0, 0.05) is 18.2 Å². The highest BCUT2D eigenvalue weighted by atomic mass is 16.5. The van der Waals surface area contributed by atoms with Crippen LogP contribution in [0.4, 0.5) is 5.69 Å². The minimum Gasteiger partial charge on any atom is -0.508 e. The fourth-order valence-electron chi connectivity index (χ4n) is 1.59. The number of nitrogens with one attached hydrogen (secondary N) is 1. The Hall–Kier alpha value is -2.82. The van der Waals surface area contributed by atoms with E-state index in [9.17, 15) is 9.59 Å². The molecule has 2 aromatic carbocycles. The number of rotatable bonds is 3. The number of phenolic OH excluding ortho intramolecular Hbond substituents is 1. The van der Waals surface area contributed by atoms with E-state index in [1.165, 1.54) is 19.1 Å². The molecule has 0 heterocycles. The van der Waals surface area contributed by atoms with Crippen molar-refractivity contribution in [2.24, 2.45) is 0 Å². The van der Waals surface area contributed by atoms with Gasteiger partial charge in [-0.15, -0.1) is 0 Å². The summed E-state index contributed by atoms with van der Waals surface area (Å²) in [5, 5.41) is 11.8. The quantitative estimate of drug-likeness (QED) is 0.511. The molecule has 0 aliphatic heterocycles. The lowest BCUT2D eigenvalue weighted by molar-refractivity contribution is -0.131. The second-order valence-electron chi connectivity index (χ2n) is 4.12. The first kappa shape index (κ1) is 13.6. The van der Waals surface area contributed by atoms with Crippen molar-refractivity contribution in [2.75, 3.05) is 5.32 Å². The molecule has 5 nitrogen and oxygen atoms in total. The molecule has 0 saturated heterocycles. The third-order valence-corrected chi connectivity index (χ3v) is 2.50. The van der Waals surface area contributed by atoms with Gasteiger partial charge in [0.15, 0.2) is 0 Å². The van der Waals surface area contributed by atoms with Crippen LogP contribution in [0.25, 0.3) is 0 Å². The Kier molecular flexibility index (Phi) is 4.00. The number of hydrogen-bond acceptors (Lipinski definition) is 4. The van der Waals surface area contributed by atoms with Crippen LogP contribution in [-0.2, 0) is 4.79 Å². The molecule has 2 N–H and O–H groups in total. The summed E-state index contributed by atoms with van der Waals surface area (Å²) in [6.07, 6.45) is 0. The second-order valence-corrected chi connectivity index (χ2v) is 4.12. The van der Waals surface area contributed by atoms with Crippen LogP contribution in [0.1, 0.15) is 17.3 Å². The Labute approximate surface area is 115 Å². The minimum atomic E-state index is -0.411. The predicted molar refractivity (Wildman–Crippen MR) is 73.8 cm³/mol. The molecule has 0 radical (unpaired) electrons. The van der Waals surface area contributed by atoms with Crippen LogP contribution in [-0.4, -0.2) is 17.0 Å². The molecule has 0 spiro atoms. The third kappa shape index (κ3) is 3.58. The first-order valence-electron chi connectivity index (χ1n) is 5.93. The molecule has 0 unspecified atom stereocenters. The smallest absolute Gasteiger partial charge is 0.308 e. The van der Waals surface area contributed by atoms with Crippen LogP contribution in [0, 0.1) is 0 Å². The number of aromatic hydroxyl groups is 1. The highest BCUT2D eigenvalue weighted by Crippen LogP contribution is 2.16. The average molecular weight is 271 g/mol.